The zero-order valence-electron chi connectivity index (χ0n) is 36.8. The third kappa shape index (κ3) is 14.2. The van der Waals surface area contributed by atoms with Gasteiger partial charge in [-0.25, -0.2) is 4.79 Å². The van der Waals surface area contributed by atoms with Crippen molar-refractivity contribution in [2.24, 2.45) is 11.8 Å². The van der Waals surface area contributed by atoms with Gasteiger partial charge in [-0.05, 0) is 62.1 Å². The number of methoxy groups -OCH3 is 1. The molecule has 3 heterocycles. The quantitative estimate of drug-likeness (QED) is 0.0357. The number of unbranched alkanes of at least 4 members (excludes halogenated alkanes) is 1. The third-order valence-electron chi connectivity index (χ3n) is 11.2. The molecule has 0 spiro atoms. The molecule has 23 heteroatoms. The Morgan fingerprint density at radius 3 is 2.42 bits per heavy atom. The van der Waals surface area contributed by atoms with Crippen LogP contribution in [-0.4, -0.2) is 144 Å². The fourth-order valence-corrected chi connectivity index (χ4v) is 9.27. The number of benzene rings is 1. The number of amides is 6. The van der Waals surface area contributed by atoms with Crippen LogP contribution >= 0.6 is 23.5 Å². The highest BCUT2D eigenvalue weighted by atomic mass is 32.2. The molecular formula is C42H59N11O10S2. The van der Waals surface area contributed by atoms with E-state index in [0.29, 0.717) is 55.3 Å². The Bertz CT molecular complexity index is 2170. The number of hydrogen-bond donors (Lipinski definition) is 8. The first-order valence-corrected chi connectivity index (χ1v) is 23.8. The lowest BCUT2D eigenvalue weighted by atomic mass is 9.81. The van der Waals surface area contributed by atoms with E-state index in [1.54, 1.807) is 24.3 Å². The van der Waals surface area contributed by atoms with Gasteiger partial charge in [0.05, 0.1) is 31.3 Å². The van der Waals surface area contributed by atoms with Crippen LogP contribution in [-0.2, 0) is 44.8 Å². The number of imidazole rings is 1. The third-order valence-corrected chi connectivity index (χ3v) is 13.4. The number of rotatable bonds is 24. The molecule has 21 nitrogen and oxygen atoms in total. The van der Waals surface area contributed by atoms with Gasteiger partial charge in [-0.2, -0.15) is 26.7 Å². The summed E-state index contributed by atoms with van der Waals surface area (Å²) in [7, 11) is 2.67. The van der Waals surface area contributed by atoms with Crippen LogP contribution < -0.4 is 32.3 Å². The number of likely N-dealkylation sites (tertiary alicyclic amines) is 1. The highest BCUT2D eigenvalue weighted by Crippen LogP contribution is 2.33. The number of carbonyl (C=O) groups excluding carboxylic acids is 7. The van der Waals surface area contributed by atoms with Crippen LogP contribution in [0.4, 0.5) is 17.5 Å². The average Bonchev–Trinajstić information content (AvgIpc) is 3.76. The number of aliphatic hydroxyl groups excluding tert-OH is 1. The van der Waals surface area contributed by atoms with Crippen LogP contribution in [0, 0.1) is 11.8 Å². The molecule has 9 N–H and O–H groups in total. The molecular weight excluding hydrogens is 883 g/mol. The van der Waals surface area contributed by atoms with Gasteiger partial charge in [-0.3, -0.25) is 38.2 Å². The van der Waals surface area contributed by atoms with Crippen LogP contribution in [0.2, 0.25) is 0 Å². The molecule has 2 fully saturated rings. The Kier molecular flexibility index (Phi) is 19.0. The van der Waals surface area contributed by atoms with E-state index in [0.717, 1.165) is 37.3 Å². The van der Waals surface area contributed by atoms with Crippen molar-refractivity contribution < 1.29 is 48.5 Å². The number of carbonyl (C=O) groups is 7. The second-order valence-corrected chi connectivity index (χ2v) is 18.2. The van der Waals surface area contributed by atoms with Crippen LogP contribution in [0.25, 0.3) is 11.2 Å². The van der Waals surface area contributed by atoms with Crippen LogP contribution in [0.1, 0.15) is 70.3 Å². The molecule has 0 radical (unpaired) electrons. The van der Waals surface area contributed by atoms with Gasteiger partial charge in [0.2, 0.25) is 41.4 Å². The molecule has 3 aromatic rings. The van der Waals surface area contributed by atoms with Gasteiger partial charge < -0.3 is 47.3 Å². The smallest absolute Gasteiger partial charge is 0.328 e. The van der Waals surface area contributed by atoms with E-state index in [9.17, 15) is 43.8 Å². The van der Waals surface area contributed by atoms with Crippen molar-refractivity contribution in [1.29, 1.82) is 0 Å². The first kappa shape index (κ1) is 50.3. The number of nitrogens with two attached hydrogens (primary N) is 1. The number of esters is 1. The Labute approximate surface area is 384 Å². The minimum absolute atomic E-state index is 0.000979. The first-order chi connectivity index (χ1) is 31.2. The Morgan fingerprint density at radius 2 is 1.74 bits per heavy atom. The highest BCUT2D eigenvalue weighted by Gasteiger charge is 2.41. The zero-order chi connectivity index (χ0) is 47.0. The van der Waals surface area contributed by atoms with Gasteiger partial charge >= 0.3 is 5.97 Å². The molecule has 1 aromatic carbocycles. The number of fused-ring (bicyclic) bond motifs is 1. The van der Waals surface area contributed by atoms with Crippen molar-refractivity contribution in [3.63, 3.8) is 0 Å². The van der Waals surface area contributed by atoms with Crippen LogP contribution in [0.5, 0.6) is 6.01 Å². The topological polar surface area (TPSA) is 302 Å². The zero-order valence-corrected chi connectivity index (χ0v) is 38.4. The Balaban J connectivity index is 1.12. The number of aliphatic hydroxyl groups is 1. The molecule has 354 valence electrons. The second-order valence-electron chi connectivity index (χ2n) is 15.8. The monoisotopic (exact) mass is 941 g/mol. The number of ether oxygens (including phenoxy) is 1. The number of anilines is 3. The minimum Gasteiger partial charge on any atom is -0.480 e. The minimum atomic E-state index is -1.21. The lowest BCUT2D eigenvalue weighted by Gasteiger charge is -2.31. The standard InChI is InChI=1S/C42H59N11O10S2/c1-4-5-16-45-41-50-35(43)34-36(51-41)53(42(62)49-34)21-25-8-12-27(13-9-25)46-31(55)15-14-28(40(61)63-3)47-38(59)29(22-64-18-17-54)48-37(58)26-10-6-24(7-11-26)20-52-33(57)19-30(39(52)60)65-23-32(56)44-2/h8-9,12-13,24,26,28-30,54H,4-7,10-11,14-23H2,1-3H3,(H,44,56)(H,46,55)(H,47,59)(H,48,58)(H,49,62)(H3,43,45,50,51). The molecule has 2 aliphatic rings. The summed E-state index contributed by atoms with van der Waals surface area (Å²) in [5, 5.41) is 33.3. The summed E-state index contributed by atoms with van der Waals surface area (Å²) < 4.78 is 6.43. The van der Waals surface area contributed by atoms with Gasteiger partial charge in [-0.15, -0.1) is 11.8 Å². The maximum Gasteiger partial charge on any atom is 0.328 e. The summed E-state index contributed by atoms with van der Waals surface area (Å²) in [6, 6.07) is 4.29. The van der Waals surface area contributed by atoms with E-state index >= 15 is 0 Å². The van der Waals surface area contributed by atoms with Gasteiger partial charge in [-0.1, -0.05) is 25.5 Å². The van der Waals surface area contributed by atoms with E-state index in [1.807, 2.05) is 0 Å². The van der Waals surface area contributed by atoms with Crippen molar-refractivity contribution in [2.45, 2.75) is 88.6 Å². The van der Waals surface area contributed by atoms with Crippen molar-refractivity contribution in [3.8, 4) is 6.01 Å². The summed E-state index contributed by atoms with van der Waals surface area (Å²) in [6.07, 6.45) is 3.76. The number of nitrogens with one attached hydrogen (secondary N) is 5. The molecule has 1 saturated carbocycles. The first-order valence-electron chi connectivity index (χ1n) is 21.6. The van der Waals surface area contributed by atoms with E-state index in [1.165, 1.54) is 28.3 Å². The molecule has 1 aliphatic heterocycles. The van der Waals surface area contributed by atoms with Gasteiger partial charge in [0, 0.05) is 56.1 Å². The Hall–Kier alpha value is -5.68. The predicted molar refractivity (Wildman–Crippen MR) is 246 cm³/mol. The fourth-order valence-electron chi connectivity index (χ4n) is 7.48. The molecule has 2 aromatic heterocycles. The molecule has 3 unspecified atom stereocenters. The van der Waals surface area contributed by atoms with Crippen molar-refractivity contribution in [2.75, 3.05) is 67.5 Å². The molecule has 65 heavy (non-hydrogen) atoms. The highest BCUT2D eigenvalue weighted by molar-refractivity contribution is 8.01. The number of imide groups is 1. The number of aromatic nitrogens is 4. The summed E-state index contributed by atoms with van der Waals surface area (Å²) in [5.74, 6) is -2.53. The van der Waals surface area contributed by atoms with Crippen LogP contribution in [0.15, 0.2) is 24.3 Å². The second kappa shape index (κ2) is 24.6. The van der Waals surface area contributed by atoms with Gasteiger partial charge in [0.1, 0.15) is 12.1 Å². The molecule has 5 rings (SSSR count). The number of nitrogens with zero attached hydrogens (tertiary/aromatic N) is 5. The number of nitrogen functional groups attached to an aromatic ring is 1. The lowest BCUT2D eigenvalue weighted by Crippen LogP contribution is -2.54. The molecule has 1 aliphatic carbocycles. The normalized spacial score (nSPS) is 18.2. The van der Waals surface area contributed by atoms with Crippen molar-refractivity contribution >= 4 is 93.6 Å². The summed E-state index contributed by atoms with van der Waals surface area (Å²) in [4.78, 5) is 104. The molecule has 1 saturated heterocycles. The predicted octanol–water partition coefficient (Wildman–Crippen LogP) is 1.37. The maximum absolute atomic E-state index is 13.6. The van der Waals surface area contributed by atoms with Gasteiger partial charge in [0.15, 0.2) is 17.0 Å². The largest absolute Gasteiger partial charge is 0.480 e. The molecule has 6 amide bonds. The molecule has 0 bridgehead atoms. The van der Waals surface area contributed by atoms with E-state index in [2.05, 4.69) is 48.5 Å². The van der Waals surface area contributed by atoms with Crippen molar-refractivity contribution in [1.82, 2.24) is 40.4 Å². The SMILES string of the molecule is CCCCNc1nc(N)c2nc(O)n(Cc3ccc(NC(=O)CCC(NC(=O)C(CSCCO)NC(=O)C4CCC(CN5C(=O)CC(SCC(=O)NC)C5=O)CC4)C(=O)OC)cc3)c2n1. The maximum atomic E-state index is 13.6. The molecule has 3 atom stereocenters. The Morgan fingerprint density at radius 1 is 1.00 bits per heavy atom. The lowest BCUT2D eigenvalue weighted by molar-refractivity contribution is -0.145. The van der Waals surface area contributed by atoms with E-state index < -0.39 is 41.0 Å². The summed E-state index contributed by atoms with van der Waals surface area (Å²) >= 11 is 2.39. The van der Waals surface area contributed by atoms with E-state index in [4.69, 9.17) is 10.5 Å². The van der Waals surface area contributed by atoms with Crippen molar-refractivity contribution in [3.05, 3.63) is 29.8 Å². The van der Waals surface area contributed by atoms with Gasteiger partial charge in [0.25, 0.3) is 6.01 Å². The van der Waals surface area contributed by atoms with E-state index in [-0.39, 0.29) is 97.4 Å². The number of aromatic hydroxyl groups is 1. The fraction of sp³-hybridized carbons (Fsp3) is 0.571. The summed E-state index contributed by atoms with van der Waals surface area (Å²) in [5.41, 5.74) is 7.95. The average molecular weight is 942 g/mol. The number of hydrogen-bond acceptors (Lipinski definition) is 17. The summed E-state index contributed by atoms with van der Waals surface area (Å²) in [6.45, 7) is 3.01. The van der Waals surface area contributed by atoms with Crippen LogP contribution in [0.3, 0.4) is 0 Å². The number of thioether (sulfide) groups is 2.